The van der Waals surface area contributed by atoms with Gasteiger partial charge in [-0.1, -0.05) is 15.9 Å². The molecule has 1 aliphatic rings. The largest absolute Gasteiger partial charge is 0.493 e. The van der Waals surface area contributed by atoms with Gasteiger partial charge < -0.3 is 5.11 Å². The molecule has 2 N–H and O–H groups in total. The third-order valence-electron chi connectivity index (χ3n) is 2.39. The summed E-state index contributed by atoms with van der Waals surface area (Å²) in [5.74, 6) is -0.161. The SMILES string of the molecule is O=C1CC(CBr)CN1c1nc(O)cc(=O)[nH]1. The van der Waals surface area contributed by atoms with E-state index in [2.05, 4.69) is 25.9 Å². The van der Waals surface area contributed by atoms with Crippen LogP contribution in [0.15, 0.2) is 10.9 Å². The van der Waals surface area contributed by atoms with E-state index in [-0.39, 0.29) is 23.7 Å². The third-order valence-corrected chi connectivity index (χ3v) is 3.31. The number of aromatic amines is 1. The minimum atomic E-state index is -0.474. The highest BCUT2D eigenvalue weighted by Crippen LogP contribution is 2.23. The number of nitrogens with one attached hydrogen (secondary N) is 1. The fourth-order valence-corrected chi connectivity index (χ4v) is 2.08. The Morgan fingerprint density at radius 2 is 2.38 bits per heavy atom. The van der Waals surface area contributed by atoms with Gasteiger partial charge in [-0.05, 0) is 5.92 Å². The van der Waals surface area contributed by atoms with E-state index in [0.717, 1.165) is 11.4 Å². The number of halogens is 1. The Bertz CT molecular complexity index is 473. The number of aromatic hydroxyl groups is 1. The molecule has 1 unspecified atom stereocenters. The van der Waals surface area contributed by atoms with Crippen molar-refractivity contribution in [1.82, 2.24) is 9.97 Å². The van der Waals surface area contributed by atoms with Crippen LogP contribution in [0.5, 0.6) is 5.88 Å². The van der Waals surface area contributed by atoms with Crippen molar-refractivity contribution in [1.29, 1.82) is 0 Å². The Hall–Kier alpha value is -1.37. The summed E-state index contributed by atoms with van der Waals surface area (Å²) in [5, 5.41) is 9.91. The molecule has 6 nitrogen and oxygen atoms in total. The molecule has 7 heteroatoms. The second-order valence-electron chi connectivity index (χ2n) is 3.66. The van der Waals surface area contributed by atoms with Crippen LogP contribution in [0.4, 0.5) is 5.95 Å². The van der Waals surface area contributed by atoms with E-state index in [1.54, 1.807) is 0 Å². The molecule has 0 bridgehead atoms. The van der Waals surface area contributed by atoms with Gasteiger partial charge in [0.05, 0.1) is 6.07 Å². The molecule has 0 spiro atoms. The van der Waals surface area contributed by atoms with Crippen LogP contribution in [-0.2, 0) is 4.79 Å². The maximum absolute atomic E-state index is 11.6. The zero-order chi connectivity index (χ0) is 11.7. The number of aromatic nitrogens is 2. The molecule has 1 aliphatic heterocycles. The van der Waals surface area contributed by atoms with Crippen molar-refractivity contribution >= 4 is 27.8 Å². The molecule has 2 heterocycles. The number of alkyl halides is 1. The highest BCUT2D eigenvalue weighted by Gasteiger charge is 2.31. The molecule has 1 atom stereocenters. The van der Waals surface area contributed by atoms with Gasteiger partial charge in [0.1, 0.15) is 0 Å². The lowest BCUT2D eigenvalue weighted by molar-refractivity contribution is -0.117. The predicted molar refractivity (Wildman–Crippen MR) is 60.8 cm³/mol. The van der Waals surface area contributed by atoms with Crippen molar-refractivity contribution in [3.8, 4) is 5.88 Å². The lowest BCUT2D eigenvalue weighted by Crippen LogP contribution is -2.28. The summed E-state index contributed by atoms with van der Waals surface area (Å²) in [5.41, 5.74) is -0.474. The third kappa shape index (κ3) is 2.08. The first kappa shape index (κ1) is 11.1. The van der Waals surface area contributed by atoms with E-state index < -0.39 is 5.56 Å². The van der Waals surface area contributed by atoms with Crippen LogP contribution in [0.1, 0.15) is 6.42 Å². The summed E-state index contributed by atoms with van der Waals surface area (Å²) in [6.45, 7) is 0.497. The van der Waals surface area contributed by atoms with Crippen LogP contribution in [0.3, 0.4) is 0 Å². The summed E-state index contributed by atoms with van der Waals surface area (Å²) in [6, 6.07) is 0.964. The Morgan fingerprint density at radius 3 is 2.94 bits per heavy atom. The first-order valence-corrected chi connectivity index (χ1v) is 5.89. The van der Waals surface area contributed by atoms with E-state index in [9.17, 15) is 14.7 Å². The van der Waals surface area contributed by atoms with E-state index >= 15 is 0 Å². The van der Waals surface area contributed by atoms with Gasteiger partial charge in [-0.15, -0.1) is 0 Å². The van der Waals surface area contributed by atoms with Crippen molar-refractivity contribution in [2.45, 2.75) is 6.42 Å². The molecule has 1 fully saturated rings. The number of hydrogen-bond acceptors (Lipinski definition) is 4. The lowest BCUT2D eigenvalue weighted by Gasteiger charge is -2.14. The van der Waals surface area contributed by atoms with Gasteiger partial charge in [-0.25, -0.2) is 0 Å². The quantitative estimate of drug-likeness (QED) is 0.762. The molecule has 1 aromatic heterocycles. The Kier molecular flexibility index (Phi) is 2.95. The highest BCUT2D eigenvalue weighted by molar-refractivity contribution is 9.09. The standard InChI is InChI=1S/C9H10BrN3O3/c10-3-5-1-8(16)13(4-5)9-11-6(14)2-7(15)12-9/h2,5H,1,3-4H2,(H2,11,12,14,15). The molecule has 86 valence electrons. The van der Waals surface area contributed by atoms with E-state index in [1.165, 1.54) is 4.90 Å². The molecule has 0 radical (unpaired) electrons. The first-order valence-electron chi connectivity index (χ1n) is 4.77. The minimum absolute atomic E-state index is 0.0989. The second-order valence-corrected chi connectivity index (χ2v) is 4.30. The van der Waals surface area contributed by atoms with Crippen LogP contribution in [0.25, 0.3) is 0 Å². The van der Waals surface area contributed by atoms with Crippen LogP contribution in [-0.4, -0.2) is 32.9 Å². The topological polar surface area (TPSA) is 86.3 Å². The van der Waals surface area contributed by atoms with Crippen molar-refractivity contribution in [3.05, 3.63) is 16.4 Å². The Labute approximate surface area is 99.4 Å². The normalized spacial score (nSPS) is 20.4. The average Bonchev–Trinajstić information content (AvgIpc) is 2.58. The van der Waals surface area contributed by atoms with Gasteiger partial charge in [-0.3, -0.25) is 19.5 Å². The molecule has 0 aliphatic carbocycles. The Balaban J connectivity index is 2.31. The van der Waals surface area contributed by atoms with E-state index in [4.69, 9.17) is 0 Å². The zero-order valence-corrected chi connectivity index (χ0v) is 9.90. The summed E-state index contributed by atoms with van der Waals surface area (Å²) in [7, 11) is 0. The minimum Gasteiger partial charge on any atom is -0.493 e. The van der Waals surface area contributed by atoms with Gasteiger partial charge >= 0.3 is 0 Å². The van der Waals surface area contributed by atoms with Crippen molar-refractivity contribution in [3.63, 3.8) is 0 Å². The molecule has 1 amide bonds. The monoisotopic (exact) mass is 287 g/mol. The van der Waals surface area contributed by atoms with Crippen LogP contribution in [0, 0.1) is 5.92 Å². The number of nitrogens with zero attached hydrogens (tertiary/aromatic N) is 2. The van der Waals surface area contributed by atoms with Crippen LogP contribution in [0.2, 0.25) is 0 Å². The molecule has 16 heavy (non-hydrogen) atoms. The summed E-state index contributed by atoms with van der Waals surface area (Å²) in [6.07, 6.45) is 0.421. The van der Waals surface area contributed by atoms with Crippen molar-refractivity contribution in [2.24, 2.45) is 5.92 Å². The zero-order valence-electron chi connectivity index (χ0n) is 8.31. The number of H-pyrrole nitrogens is 1. The number of hydrogen-bond donors (Lipinski definition) is 2. The summed E-state index contributed by atoms with van der Waals surface area (Å²) >= 11 is 3.31. The maximum Gasteiger partial charge on any atom is 0.256 e. The molecular weight excluding hydrogens is 278 g/mol. The first-order chi connectivity index (χ1) is 7.60. The second kappa shape index (κ2) is 4.25. The van der Waals surface area contributed by atoms with E-state index in [0.29, 0.717) is 13.0 Å². The number of carbonyl (C=O) groups is 1. The summed E-state index contributed by atoms with van der Waals surface area (Å²) in [4.78, 5) is 30.3. The van der Waals surface area contributed by atoms with Gasteiger partial charge in [0.25, 0.3) is 5.56 Å². The molecule has 0 aromatic carbocycles. The predicted octanol–water partition coefficient (Wildman–Crippen LogP) is 0.223. The Morgan fingerprint density at radius 1 is 1.62 bits per heavy atom. The smallest absolute Gasteiger partial charge is 0.256 e. The van der Waals surface area contributed by atoms with Crippen molar-refractivity contribution < 1.29 is 9.90 Å². The van der Waals surface area contributed by atoms with Gasteiger partial charge in [0, 0.05) is 18.3 Å². The highest BCUT2D eigenvalue weighted by atomic mass is 79.9. The van der Waals surface area contributed by atoms with Gasteiger partial charge in [0.15, 0.2) is 0 Å². The van der Waals surface area contributed by atoms with Gasteiger partial charge in [-0.2, -0.15) is 4.98 Å². The summed E-state index contributed by atoms with van der Waals surface area (Å²) < 4.78 is 0. The number of anilines is 1. The molecule has 1 aromatic rings. The molecule has 0 saturated carbocycles. The maximum atomic E-state index is 11.6. The molecule has 1 saturated heterocycles. The van der Waals surface area contributed by atoms with Gasteiger partial charge in [0.2, 0.25) is 17.7 Å². The fourth-order valence-electron chi connectivity index (χ4n) is 1.65. The fraction of sp³-hybridized carbons (Fsp3) is 0.444. The molecular formula is C9H10BrN3O3. The average molecular weight is 288 g/mol. The van der Waals surface area contributed by atoms with Crippen LogP contribution < -0.4 is 10.5 Å². The van der Waals surface area contributed by atoms with Crippen molar-refractivity contribution in [2.75, 3.05) is 16.8 Å². The number of carbonyl (C=O) groups excluding carboxylic acids is 1. The van der Waals surface area contributed by atoms with Crippen LogP contribution >= 0.6 is 15.9 Å². The number of amides is 1. The number of rotatable bonds is 2. The van der Waals surface area contributed by atoms with E-state index in [1.807, 2.05) is 0 Å². The lowest BCUT2D eigenvalue weighted by atomic mass is 10.2. The molecule has 2 rings (SSSR count).